The lowest BCUT2D eigenvalue weighted by molar-refractivity contribution is -0.123. The third-order valence-corrected chi connectivity index (χ3v) is 4.87. The summed E-state index contributed by atoms with van der Waals surface area (Å²) in [4.78, 5) is 43.7. The van der Waals surface area contributed by atoms with Gasteiger partial charge in [0, 0.05) is 17.1 Å². The van der Waals surface area contributed by atoms with E-state index in [1.54, 1.807) is 24.5 Å². The summed E-state index contributed by atoms with van der Waals surface area (Å²) in [5.41, 5.74) is 1.11. The molecule has 9 heteroatoms. The Morgan fingerprint density at radius 1 is 1.40 bits per heavy atom. The smallest absolute Gasteiger partial charge is 0.257 e. The van der Waals surface area contributed by atoms with Gasteiger partial charge in [-0.05, 0) is 30.9 Å². The van der Waals surface area contributed by atoms with E-state index in [0.29, 0.717) is 15.9 Å². The first kappa shape index (κ1) is 17.5. The summed E-state index contributed by atoms with van der Waals surface area (Å²) in [6.45, 7) is 1.85. The van der Waals surface area contributed by atoms with Crippen molar-refractivity contribution in [2.45, 2.75) is 24.4 Å². The Morgan fingerprint density at radius 3 is 2.84 bits per heavy atom. The molecule has 0 spiro atoms. The molecule has 2 amide bonds. The Kier molecular flexibility index (Phi) is 4.82. The van der Waals surface area contributed by atoms with Gasteiger partial charge in [0.15, 0.2) is 5.16 Å². The van der Waals surface area contributed by atoms with Gasteiger partial charge in [-0.3, -0.25) is 14.4 Å². The molecule has 0 saturated heterocycles. The summed E-state index contributed by atoms with van der Waals surface area (Å²) in [5, 5.41) is 6.15. The van der Waals surface area contributed by atoms with E-state index >= 15 is 0 Å². The fourth-order valence-corrected chi connectivity index (χ4v) is 3.13. The number of hydrogen-bond acceptors (Lipinski definition) is 5. The second-order valence-corrected chi connectivity index (χ2v) is 6.80. The maximum atomic E-state index is 12.7. The van der Waals surface area contributed by atoms with Crippen molar-refractivity contribution in [3.63, 3.8) is 0 Å². The van der Waals surface area contributed by atoms with Crippen LogP contribution in [0.4, 0.5) is 11.5 Å². The van der Waals surface area contributed by atoms with Crippen LogP contribution in [0.1, 0.15) is 23.5 Å². The molecule has 0 fully saturated rings. The molecule has 0 saturated carbocycles. The van der Waals surface area contributed by atoms with Crippen molar-refractivity contribution in [3.8, 4) is 0 Å². The predicted octanol–water partition coefficient (Wildman–Crippen LogP) is 2.52. The van der Waals surface area contributed by atoms with Gasteiger partial charge in [-0.25, -0.2) is 4.98 Å². The van der Waals surface area contributed by atoms with E-state index in [2.05, 4.69) is 20.6 Å². The number of benzene rings is 1. The number of anilines is 2. The third-order valence-electron chi connectivity index (χ3n) is 3.88. The van der Waals surface area contributed by atoms with Gasteiger partial charge in [0.2, 0.25) is 11.8 Å². The highest BCUT2D eigenvalue weighted by Crippen LogP contribution is 2.30. The Balaban J connectivity index is 1.95. The number of fused-ring (bicyclic) bond motifs is 1. The van der Waals surface area contributed by atoms with Gasteiger partial charge in [-0.1, -0.05) is 29.4 Å². The zero-order valence-corrected chi connectivity index (χ0v) is 15.0. The molecule has 0 aliphatic carbocycles. The van der Waals surface area contributed by atoms with Crippen LogP contribution in [-0.2, 0) is 9.59 Å². The number of aryl methyl sites for hydroxylation is 1. The largest absolute Gasteiger partial charge is 0.325 e. The molecule has 7 nitrogen and oxygen atoms in total. The number of aromatic amines is 1. The number of amides is 2. The predicted molar refractivity (Wildman–Crippen MR) is 97.4 cm³/mol. The lowest BCUT2D eigenvalue weighted by atomic mass is 9.92. The molecule has 1 atom stereocenters. The van der Waals surface area contributed by atoms with Crippen molar-refractivity contribution in [2.24, 2.45) is 0 Å². The fraction of sp³-hybridized carbons (Fsp3) is 0.250. The van der Waals surface area contributed by atoms with E-state index in [0.717, 1.165) is 5.56 Å². The molecule has 3 N–H and O–H groups in total. The van der Waals surface area contributed by atoms with Crippen molar-refractivity contribution in [1.82, 2.24) is 9.97 Å². The Labute approximate surface area is 152 Å². The number of rotatable bonds is 3. The molecule has 2 aromatic rings. The number of carbonyl (C=O) groups excluding carboxylic acids is 2. The number of aromatic nitrogens is 2. The minimum absolute atomic E-state index is 0.123. The van der Waals surface area contributed by atoms with E-state index in [4.69, 9.17) is 11.6 Å². The average molecular weight is 379 g/mol. The highest BCUT2D eigenvalue weighted by atomic mass is 35.5. The zero-order valence-electron chi connectivity index (χ0n) is 13.5. The van der Waals surface area contributed by atoms with E-state index in [1.807, 2.05) is 6.92 Å². The Morgan fingerprint density at radius 2 is 2.16 bits per heavy atom. The van der Waals surface area contributed by atoms with Crippen molar-refractivity contribution in [1.29, 1.82) is 0 Å². The maximum absolute atomic E-state index is 12.7. The van der Waals surface area contributed by atoms with E-state index < -0.39 is 17.4 Å². The number of nitrogens with zero attached hydrogens (tertiary/aromatic N) is 1. The van der Waals surface area contributed by atoms with Gasteiger partial charge < -0.3 is 15.6 Å². The molecular formula is C16H15ClN4O3S. The standard InChI is InChI=1S/C16H15ClN4O3S/c1-7-3-4-8(5-10(7)17)18-14(23)9-6-11(22)19-13-12(9)15(24)21-16(20-13)25-2/h3-5,9H,6H2,1-2H3,(H,18,23)(H2,19,20,21,22,24)/t9-/m1/s1. The number of halogens is 1. The van der Waals surface area contributed by atoms with Crippen LogP contribution in [0.15, 0.2) is 28.2 Å². The molecule has 1 aromatic heterocycles. The number of carbonyl (C=O) groups is 2. The highest BCUT2D eigenvalue weighted by molar-refractivity contribution is 7.98. The summed E-state index contributed by atoms with van der Waals surface area (Å²) in [7, 11) is 0. The Bertz CT molecular complexity index is 928. The van der Waals surface area contributed by atoms with E-state index in [9.17, 15) is 14.4 Å². The van der Waals surface area contributed by atoms with Gasteiger partial charge in [-0.2, -0.15) is 0 Å². The lowest BCUT2D eigenvalue weighted by Gasteiger charge is -2.23. The third kappa shape index (κ3) is 3.54. The summed E-state index contributed by atoms with van der Waals surface area (Å²) < 4.78 is 0. The first-order valence-electron chi connectivity index (χ1n) is 7.44. The second kappa shape index (κ2) is 6.89. The summed E-state index contributed by atoms with van der Waals surface area (Å²) in [5.74, 6) is -1.61. The quantitative estimate of drug-likeness (QED) is 0.562. The molecule has 3 rings (SSSR count). The van der Waals surface area contributed by atoms with Crippen molar-refractivity contribution in [2.75, 3.05) is 16.9 Å². The van der Waals surface area contributed by atoms with Gasteiger partial charge in [0.05, 0.1) is 11.5 Å². The number of thioether (sulfide) groups is 1. The number of hydrogen-bond donors (Lipinski definition) is 3. The van der Waals surface area contributed by atoms with Gasteiger partial charge in [0.1, 0.15) is 5.82 Å². The SMILES string of the molecule is CSc1nc2c(c(=O)[nH]1)[C@H](C(=O)Nc1ccc(C)c(Cl)c1)CC(=O)N2. The monoisotopic (exact) mass is 378 g/mol. The zero-order chi connectivity index (χ0) is 18.1. The van der Waals surface area contributed by atoms with Gasteiger partial charge >= 0.3 is 0 Å². The number of nitrogens with one attached hydrogen (secondary N) is 3. The summed E-state index contributed by atoms with van der Waals surface area (Å²) in [6.07, 6.45) is 1.63. The van der Waals surface area contributed by atoms with Crippen LogP contribution in [0.25, 0.3) is 0 Å². The van der Waals surface area contributed by atoms with Crippen LogP contribution in [0.3, 0.4) is 0 Å². The van der Waals surface area contributed by atoms with Crippen LogP contribution in [-0.4, -0.2) is 28.0 Å². The summed E-state index contributed by atoms with van der Waals surface area (Å²) >= 11 is 7.30. The van der Waals surface area contributed by atoms with Gasteiger partial charge in [0.25, 0.3) is 5.56 Å². The van der Waals surface area contributed by atoms with Crippen molar-refractivity contribution < 1.29 is 9.59 Å². The topological polar surface area (TPSA) is 104 Å². The second-order valence-electron chi connectivity index (χ2n) is 5.60. The normalized spacial score (nSPS) is 16.1. The minimum Gasteiger partial charge on any atom is -0.325 e. The first-order valence-corrected chi connectivity index (χ1v) is 9.04. The minimum atomic E-state index is -0.920. The van der Waals surface area contributed by atoms with Crippen LogP contribution < -0.4 is 16.2 Å². The summed E-state index contributed by atoms with van der Waals surface area (Å²) in [6, 6.07) is 5.11. The molecule has 1 aliphatic heterocycles. The molecule has 0 radical (unpaired) electrons. The molecule has 1 aliphatic rings. The van der Waals surface area contributed by atoms with Crippen LogP contribution in [0, 0.1) is 6.92 Å². The van der Waals surface area contributed by atoms with Crippen LogP contribution in [0.5, 0.6) is 0 Å². The van der Waals surface area contributed by atoms with Gasteiger partial charge in [-0.15, -0.1) is 0 Å². The molecule has 25 heavy (non-hydrogen) atoms. The Hall–Kier alpha value is -2.32. The lowest BCUT2D eigenvalue weighted by Crippen LogP contribution is -2.36. The van der Waals surface area contributed by atoms with E-state index in [-0.39, 0.29) is 23.7 Å². The van der Waals surface area contributed by atoms with Crippen molar-refractivity contribution in [3.05, 3.63) is 44.7 Å². The number of H-pyrrole nitrogens is 1. The molecule has 0 bridgehead atoms. The van der Waals surface area contributed by atoms with Crippen LogP contribution >= 0.6 is 23.4 Å². The van der Waals surface area contributed by atoms with Crippen LogP contribution in [0.2, 0.25) is 5.02 Å². The average Bonchev–Trinajstić information content (AvgIpc) is 2.56. The highest BCUT2D eigenvalue weighted by Gasteiger charge is 2.34. The molecule has 130 valence electrons. The van der Waals surface area contributed by atoms with E-state index in [1.165, 1.54) is 11.8 Å². The molecule has 0 unspecified atom stereocenters. The molecule has 1 aromatic carbocycles. The fourth-order valence-electron chi connectivity index (χ4n) is 2.57. The van der Waals surface area contributed by atoms with Crippen molar-refractivity contribution >= 4 is 46.7 Å². The maximum Gasteiger partial charge on any atom is 0.257 e. The molecular weight excluding hydrogens is 364 g/mol. The molecule has 2 heterocycles. The first-order chi connectivity index (χ1) is 11.9.